The Hall–Kier alpha value is -0.870. The highest BCUT2D eigenvalue weighted by Gasteiger charge is 2.32. The topological polar surface area (TPSA) is 41.6 Å². The minimum absolute atomic E-state index is 0.0546. The number of nitrogens with zero attached hydrogens (tertiary/aromatic N) is 1. The predicted molar refractivity (Wildman–Crippen MR) is 59.6 cm³/mol. The average Bonchev–Trinajstić information content (AvgIpc) is 2.62. The monoisotopic (exact) mass is 212 g/mol. The van der Waals surface area contributed by atoms with E-state index < -0.39 is 0 Å². The van der Waals surface area contributed by atoms with Crippen LogP contribution in [0.4, 0.5) is 0 Å². The van der Waals surface area contributed by atoms with Gasteiger partial charge in [0.05, 0.1) is 25.3 Å². The van der Waals surface area contributed by atoms with E-state index in [1.165, 1.54) is 6.08 Å². The van der Waals surface area contributed by atoms with Gasteiger partial charge >= 0.3 is 0 Å². The Balaban J connectivity index is 2.59. The molecule has 1 saturated heterocycles. The Morgan fingerprint density at radius 1 is 1.60 bits per heavy atom. The number of likely N-dealkylation sites (N-methyl/N-ethyl adjacent to an activating group) is 1. The summed E-state index contributed by atoms with van der Waals surface area (Å²) < 4.78 is 5.40. The predicted octanol–water partition coefficient (Wildman–Crippen LogP) is 0.396. The van der Waals surface area contributed by atoms with Crippen molar-refractivity contribution in [3.8, 4) is 0 Å². The molecule has 1 aliphatic rings. The highest BCUT2D eigenvalue weighted by Crippen LogP contribution is 2.13. The number of carbonyl (C=O) groups is 1. The van der Waals surface area contributed by atoms with E-state index in [0.29, 0.717) is 19.3 Å². The number of nitrogens with one attached hydrogen (secondary N) is 1. The van der Waals surface area contributed by atoms with Gasteiger partial charge in [0.1, 0.15) is 0 Å². The van der Waals surface area contributed by atoms with E-state index in [9.17, 15) is 4.79 Å². The van der Waals surface area contributed by atoms with Gasteiger partial charge in [0.2, 0.25) is 5.91 Å². The normalized spacial score (nSPS) is 25.6. The third-order valence-corrected chi connectivity index (χ3v) is 2.62. The SMILES string of the molecule is C=CC(=O)N(C)C1COCC1NC(C)C. The Kier molecular flexibility index (Phi) is 4.29. The molecule has 0 aromatic carbocycles. The van der Waals surface area contributed by atoms with Crippen LogP contribution in [0, 0.1) is 0 Å². The molecule has 0 bridgehead atoms. The first-order valence-electron chi connectivity index (χ1n) is 5.29. The van der Waals surface area contributed by atoms with E-state index in [1.807, 2.05) is 0 Å². The zero-order chi connectivity index (χ0) is 11.4. The van der Waals surface area contributed by atoms with Gasteiger partial charge in [-0.25, -0.2) is 0 Å². The fourth-order valence-corrected chi connectivity index (χ4v) is 1.82. The second-order valence-corrected chi connectivity index (χ2v) is 4.19. The number of hydrogen-bond donors (Lipinski definition) is 1. The molecule has 1 rings (SSSR count). The number of hydrogen-bond acceptors (Lipinski definition) is 3. The molecule has 0 aromatic heterocycles. The van der Waals surface area contributed by atoms with Crippen molar-refractivity contribution in [1.82, 2.24) is 10.2 Å². The van der Waals surface area contributed by atoms with E-state index in [1.54, 1.807) is 11.9 Å². The number of carbonyl (C=O) groups excluding carboxylic acids is 1. The second kappa shape index (κ2) is 5.28. The van der Waals surface area contributed by atoms with E-state index in [0.717, 1.165) is 0 Å². The molecule has 0 spiro atoms. The maximum absolute atomic E-state index is 11.5. The molecule has 1 N–H and O–H groups in total. The largest absolute Gasteiger partial charge is 0.378 e. The lowest BCUT2D eigenvalue weighted by atomic mass is 10.1. The van der Waals surface area contributed by atoms with Crippen LogP contribution in [0.5, 0.6) is 0 Å². The molecular weight excluding hydrogens is 192 g/mol. The highest BCUT2D eigenvalue weighted by molar-refractivity contribution is 5.87. The number of rotatable bonds is 4. The van der Waals surface area contributed by atoms with Gasteiger partial charge in [-0.2, -0.15) is 0 Å². The molecule has 1 amide bonds. The summed E-state index contributed by atoms with van der Waals surface area (Å²) in [5.74, 6) is -0.0546. The number of ether oxygens (including phenoxy) is 1. The van der Waals surface area contributed by atoms with Crippen LogP contribution < -0.4 is 5.32 Å². The van der Waals surface area contributed by atoms with Crippen LogP contribution in [-0.2, 0) is 9.53 Å². The summed E-state index contributed by atoms with van der Waals surface area (Å²) in [7, 11) is 1.79. The molecular formula is C11H20N2O2. The minimum Gasteiger partial charge on any atom is -0.378 e. The van der Waals surface area contributed by atoms with Crippen molar-refractivity contribution in [2.45, 2.75) is 32.0 Å². The summed E-state index contributed by atoms with van der Waals surface area (Å²) in [6, 6.07) is 0.725. The van der Waals surface area contributed by atoms with Gasteiger partial charge in [-0.1, -0.05) is 20.4 Å². The minimum atomic E-state index is -0.0546. The number of amides is 1. The van der Waals surface area contributed by atoms with Gasteiger partial charge in [0, 0.05) is 13.1 Å². The first-order valence-corrected chi connectivity index (χ1v) is 5.29. The van der Waals surface area contributed by atoms with Crippen LogP contribution in [-0.4, -0.2) is 49.2 Å². The molecule has 1 aliphatic heterocycles. The lowest BCUT2D eigenvalue weighted by molar-refractivity contribution is -0.127. The maximum atomic E-state index is 11.5. The zero-order valence-electron chi connectivity index (χ0n) is 9.69. The maximum Gasteiger partial charge on any atom is 0.246 e. The average molecular weight is 212 g/mol. The van der Waals surface area contributed by atoms with Crippen LogP contribution >= 0.6 is 0 Å². The lowest BCUT2D eigenvalue weighted by Gasteiger charge is -2.29. The van der Waals surface area contributed by atoms with Gasteiger partial charge in [-0.05, 0) is 6.08 Å². The lowest BCUT2D eigenvalue weighted by Crippen LogP contribution is -2.51. The summed E-state index contributed by atoms with van der Waals surface area (Å²) in [4.78, 5) is 13.1. The summed E-state index contributed by atoms with van der Waals surface area (Å²) in [5, 5.41) is 3.40. The Morgan fingerprint density at radius 2 is 2.27 bits per heavy atom. The van der Waals surface area contributed by atoms with Gasteiger partial charge in [-0.3, -0.25) is 4.79 Å². The van der Waals surface area contributed by atoms with Crippen molar-refractivity contribution in [2.24, 2.45) is 0 Å². The molecule has 0 saturated carbocycles. The zero-order valence-corrected chi connectivity index (χ0v) is 9.69. The molecule has 1 heterocycles. The Bertz CT molecular complexity index is 241. The molecule has 0 aliphatic carbocycles. The van der Waals surface area contributed by atoms with Crippen LogP contribution in [0.25, 0.3) is 0 Å². The summed E-state index contributed by atoms with van der Waals surface area (Å²) in [6.45, 7) is 8.92. The van der Waals surface area contributed by atoms with Crippen LogP contribution in [0.3, 0.4) is 0 Å². The van der Waals surface area contributed by atoms with Crippen molar-refractivity contribution in [2.75, 3.05) is 20.3 Å². The van der Waals surface area contributed by atoms with Crippen molar-refractivity contribution in [3.63, 3.8) is 0 Å². The molecule has 0 aromatic rings. The van der Waals surface area contributed by atoms with Crippen molar-refractivity contribution >= 4 is 5.91 Å². The van der Waals surface area contributed by atoms with Gasteiger partial charge in [-0.15, -0.1) is 0 Å². The van der Waals surface area contributed by atoms with Crippen molar-refractivity contribution in [3.05, 3.63) is 12.7 Å². The van der Waals surface area contributed by atoms with Gasteiger partial charge in [0.25, 0.3) is 0 Å². The van der Waals surface area contributed by atoms with Gasteiger partial charge in [0.15, 0.2) is 0 Å². The molecule has 1 fully saturated rings. The van der Waals surface area contributed by atoms with Crippen LogP contribution in [0.1, 0.15) is 13.8 Å². The molecule has 4 nitrogen and oxygen atoms in total. The molecule has 15 heavy (non-hydrogen) atoms. The third kappa shape index (κ3) is 3.04. The van der Waals surface area contributed by atoms with E-state index in [2.05, 4.69) is 25.7 Å². The molecule has 4 heteroatoms. The second-order valence-electron chi connectivity index (χ2n) is 4.19. The van der Waals surface area contributed by atoms with E-state index >= 15 is 0 Å². The molecule has 2 atom stereocenters. The third-order valence-electron chi connectivity index (χ3n) is 2.62. The molecule has 86 valence electrons. The van der Waals surface area contributed by atoms with Crippen LogP contribution in [0.15, 0.2) is 12.7 Å². The summed E-state index contributed by atoms with van der Waals surface area (Å²) >= 11 is 0. The summed E-state index contributed by atoms with van der Waals surface area (Å²) in [6.07, 6.45) is 1.34. The van der Waals surface area contributed by atoms with Crippen LogP contribution in [0.2, 0.25) is 0 Å². The Labute approximate surface area is 91.3 Å². The summed E-state index contributed by atoms with van der Waals surface area (Å²) in [5.41, 5.74) is 0. The van der Waals surface area contributed by atoms with Gasteiger partial charge < -0.3 is 15.0 Å². The van der Waals surface area contributed by atoms with Crippen molar-refractivity contribution in [1.29, 1.82) is 0 Å². The first kappa shape index (κ1) is 12.2. The van der Waals surface area contributed by atoms with Crippen molar-refractivity contribution < 1.29 is 9.53 Å². The smallest absolute Gasteiger partial charge is 0.246 e. The Morgan fingerprint density at radius 3 is 2.80 bits per heavy atom. The first-order chi connectivity index (χ1) is 7.06. The van der Waals surface area contributed by atoms with E-state index in [4.69, 9.17) is 4.74 Å². The molecule has 2 unspecified atom stereocenters. The standard InChI is InChI=1S/C11H20N2O2/c1-5-11(14)13(4)10-7-15-6-9(10)12-8(2)3/h5,8-10,12H,1,6-7H2,2-4H3. The fraction of sp³-hybridized carbons (Fsp3) is 0.727. The quantitative estimate of drug-likeness (QED) is 0.686. The van der Waals surface area contributed by atoms with E-state index in [-0.39, 0.29) is 18.0 Å². The highest BCUT2D eigenvalue weighted by atomic mass is 16.5. The molecule has 0 radical (unpaired) electrons. The fourth-order valence-electron chi connectivity index (χ4n) is 1.82.